The summed E-state index contributed by atoms with van der Waals surface area (Å²) in [6.07, 6.45) is 1.02. The highest BCUT2D eigenvalue weighted by atomic mass is 35.5. The van der Waals surface area contributed by atoms with Crippen LogP contribution in [0, 0.1) is 0 Å². The van der Waals surface area contributed by atoms with E-state index in [0.717, 1.165) is 10.6 Å². The Labute approximate surface area is 141 Å². The molecule has 23 heavy (non-hydrogen) atoms. The van der Waals surface area contributed by atoms with Crippen LogP contribution in [-0.4, -0.2) is 54.0 Å². The summed E-state index contributed by atoms with van der Waals surface area (Å²) in [6.45, 7) is 2.10. The lowest BCUT2D eigenvalue weighted by atomic mass is 10.2. The second-order valence-corrected chi connectivity index (χ2v) is 7.13. The number of anilines is 1. The van der Waals surface area contributed by atoms with Gasteiger partial charge >= 0.3 is 0 Å². The van der Waals surface area contributed by atoms with Crippen molar-refractivity contribution < 1.29 is 22.7 Å². The summed E-state index contributed by atoms with van der Waals surface area (Å²) in [7, 11) is -0.817. The third-order valence-electron chi connectivity index (χ3n) is 3.07. The SMILES string of the molecule is COCCNC(=O)C(C)N(c1cc(Cl)ccc1OC)S(C)(=O)=O. The summed E-state index contributed by atoms with van der Waals surface area (Å²) in [5, 5.41) is 2.95. The van der Waals surface area contributed by atoms with Crippen LogP contribution in [0.15, 0.2) is 18.2 Å². The average Bonchev–Trinajstić information content (AvgIpc) is 2.46. The Morgan fingerprint density at radius 2 is 2.04 bits per heavy atom. The topological polar surface area (TPSA) is 84.9 Å². The number of rotatable bonds is 8. The number of hydrogen-bond donors (Lipinski definition) is 1. The van der Waals surface area contributed by atoms with Gasteiger partial charge in [-0.1, -0.05) is 11.6 Å². The molecule has 0 saturated heterocycles. The van der Waals surface area contributed by atoms with E-state index < -0.39 is 22.0 Å². The van der Waals surface area contributed by atoms with Crippen molar-refractivity contribution in [3.8, 4) is 5.75 Å². The molecule has 0 radical (unpaired) electrons. The number of hydrogen-bond acceptors (Lipinski definition) is 5. The van der Waals surface area contributed by atoms with Gasteiger partial charge in [0.2, 0.25) is 15.9 Å². The van der Waals surface area contributed by atoms with E-state index in [9.17, 15) is 13.2 Å². The molecule has 0 aliphatic rings. The first-order valence-corrected chi connectivity index (χ1v) is 9.04. The molecule has 0 heterocycles. The van der Waals surface area contributed by atoms with Crippen molar-refractivity contribution in [1.29, 1.82) is 0 Å². The zero-order valence-electron chi connectivity index (χ0n) is 13.5. The van der Waals surface area contributed by atoms with Gasteiger partial charge in [-0.05, 0) is 25.1 Å². The summed E-state index contributed by atoms with van der Waals surface area (Å²) in [4.78, 5) is 12.2. The summed E-state index contributed by atoms with van der Waals surface area (Å²) < 4.78 is 35.4. The van der Waals surface area contributed by atoms with Gasteiger partial charge in [0, 0.05) is 18.7 Å². The molecular weight excluding hydrogens is 344 g/mol. The largest absolute Gasteiger partial charge is 0.495 e. The number of nitrogens with one attached hydrogen (secondary N) is 1. The predicted octanol–water partition coefficient (Wildman–Crippen LogP) is 1.27. The zero-order chi connectivity index (χ0) is 17.6. The molecule has 0 aliphatic heterocycles. The molecule has 1 amide bonds. The minimum atomic E-state index is -3.74. The standard InChI is InChI=1S/C14H21ClN2O5S/c1-10(14(18)16-7-8-21-2)17(23(4,19)20)12-9-11(15)5-6-13(12)22-3/h5-6,9-10H,7-8H2,1-4H3,(H,16,18). The average molecular weight is 365 g/mol. The molecule has 0 spiro atoms. The number of benzene rings is 1. The van der Waals surface area contributed by atoms with Crippen molar-refractivity contribution >= 4 is 33.2 Å². The van der Waals surface area contributed by atoms with Gasteiger partial charge in [0.15, 0.2) is 0 Å². The Bertz CT molecular complexity index is 651. The monoisotopic (exact) mass is 364 g/mol. The second kappa shape index (κ2) is 8.37. The van der Waals surface area contributed by atoms with Crippen molar-refractivity contribution in [2.45, 2.75) is 13.0 Å². The second-order valence-electron chi connectivity index (χ2n) is 4.83. The zero-order valence-corrected chi connectivity index (χ0v) is 15.1. The van der Waals surface area contributed by atoms with Crippen LogP contribution in [0.25, 0.3) is 0 Å². The number of amides is 1. The summed E-state index contributed by atoms with van der Waals surface area (Å²) in [5.74, 6) is -0.147. The maximum absolute atomic E-state index is 12.2. The lowest BCUT2D eigenvalue weighted by Gasteiger charge is -2.29. The van der Waals surface area contributed by atoms with Crippen LogP contribution in [-0.2, 0) is 19.6 Å². The van der Waals surface area contributed by atoms with E-state index in [2.05, 4.69) is 5.32 Å². The van der Waals surface area contributed by atoms with Crippen molar-refractivity contribution in [3.63, 3.8) is 0 Å². The maximum atomic E-state index is 12.2. The van der Waals surface area contributed by atoms with Crippen LogP contribution in [0.5, 0.6) is 5.75 Å². The number of carbonyl (C=O) groups excluding carboxylic acids is 1. The highest BCUT2D eigenvalue weighted by molar-refractivity contribution is 7.92. The smallest absolute Gasteiger partial charge is 0.243 e. The van der Waals surface area contributed by atoms with Crippen LogP contribution in [0.1, 0.15) is 6.92 Å². The number of sulfonamides is 1. The predicted molar refractivity (Wildman–Crippen MR) is 89.7 cm³/mol. The fraction of sp³-hybridized carbons (Fsp3) is 0.500. The van der Waals surface area contributed by atoms with E-state index in [1.807, 2.05) is 0 Å². The van der Waals surface area contributed by atoms with Gasteiger partial charge in [-0.15, -0.1) is 0 Å². The van der Waals surface area contributed by atoms with Gasteiger partial charge < -0.3 is 14.8 Å². The number of ether oxygens (including phenoxy) is 2. The molecule has 0 saturated carbocycles. The van der Waals surface area contributed by atoms with Gasteiger partial charge in [0.25, 0.3) is 0 Å². The molecule has 0 aromatic heterocycles. The van der Waals surface area contributed by atoms with Gasteiger partial charge in [-0.2, -0.15) is 0 Å². The van der Waals surface area contributed by atoms with Crippen molar-refractivity contribution in [1.82, 2.24) is 5.32 Å². The Morgan fingerprint density at radius 1 is 1.39 bits per heavy atom. The number of carbonyl (C=O) groups is 1. The number of methoxy groups -OCH3 is 2. The molecule has 0 aliphatic carbocycles. The molecule has 0 fully saturated rings. The molecule has 130 valence electrons. The van der Waals surface area contributed by atoms with E-state index in [4.69, 9.17) is 21.1 Å². The summed E-state index contributed by atoms with van der Waals surface area (Å²) in [5.41, 5.74) is 0.205. The summed E-state index contributed by atoms with van der Waals surface area (Å²) in [6, 6.07) is 3.59. The van der Waals surface area contributed by atoms with E-state index in [0.29, 0.717) is 17.4 Å². The van der Waals surface area contributed by atoms with Crippen LogP contribution in [0.2, 0.25) is 5.02 Å². The molecule has 7 nitrogen and oxygen atoms in total. The fourth-order valence-corrected chi connectivity index (χ4v) is 3.38. The quantitative estimate of drug-likeness (QED) is 0.702. The number of nitrogens with zero attached hydrogens (tertiary/aromatic N) is 1. The minimum absolute atomic E-state index is 0.205. The Balaban J connectivity index is 3.21. The third-order valence-corrected chi connectivity index (χ3v) is 4.53. The molecule has 1 unspecified atom stereocenters. The Kier molecular flexibility index (Phi) is 7.11. The van der Waals surface area contributed by atoms with Crippen molar-refractivity contribution in [3.05, 3.63) is 23.2 Å². The summed E-state index contributed by atoms with van der Waals surface area (Å²) >= 11 is 5.96. The lowest BCUT2D eigenvalue weighted by molar-refractivity contribution is -0.122. The molecule has 1 rings (SSSR count). The minimum Gasteiger partial charge on any atom is -0.495 e. The van der Waals surface area contributed by atoms with Crippen LogP contribution >= 0.6 is 11.6 Å². The van der Waals surface area contributed by atoms with E-state index in [-0.39, 0.29) is 12.2 Å². The fourth-order valence-electron chi connectivity index (χ4n) is 2.04. The Morgan fingerprint density at radius 3 is 2.57 bits per heavy atom. The van der Waals surface area contributed by atoms with Gasteiger partial charge in [0.05, 0.1) is 25.7 Å². The molecule has 1 aromatic rings. The first-order chi connectivity index (χ1) is 10.7. The lowest BCUT2D eigenvalue weighted by Crippen LogP contribution is -2.48. The van der Waals surface area contributed by atoms with Gasteiger partial charge in [-0.25, -0.2) is 8.42 Å². The molecule has 1 aromatic carbocycles. The van der Waals surface area contributed by atoms with Crippen molar-refractivity contribution in [2.24, 2.45) is 0 Å². The molecule has 1 N–H and O–H groups in total. The normalized spacial score (nSPS) is 12.6. The maximum Gasteiger partial charge on any atom is 0.243 e. The van der Waals surface area contributed by atoms with Crippen LogP contribution in [0.4, 0.5) is 5.69 Å². The highest BCUT2D eigenvalue weighted by Gasteiger charge is 2.31. The number of halogens is 1. The van der Waals surface area contributed by atoms with Crippen molar-refractivity contribution in [2.75, 3.05) is 37.9 Å². The Hall–Kier alpha value is -1.51. The molecule has 0 bridgehead atoms. The molecular formula is C14H21ClN2O5S. The van der Waals surface area contributed by atoms with Gasteiger partial charge in [0.1, 0.15) is 11.8 Å². The van der Waals surface area contributed by atoms with Gasteiger partial charge in [-0.3, -0.25) is 9.10 Å². The van der Waals surface area contributed by atoms with E-state index in [1.165, 1.54) is 27.2 Å². The van der Waals surface area contributed by atoms with Crippen LogP contribution < -0.4 is 14.4 Å². The van der Waals surface area contributed by atoms with E-state index in [1.54, 1.807) is 12.1 Å². The first kappa shape index (κ1) is 19.5. The first-order valence-electron chi connectivity index (χ1n) is 6.82. The molecule has 9 heteroatoms. The van der Waals surface area contributed by atoms with Crippen LogP contribution in [0.3, 0.4) is 0 Å². The molecule has 1 atom stereocenters. The third kappa shape index (κ3) is 5.26. The van der Waals surface area contributed by atoms with E-state index >= 15 is 0 Å². The highest BCUT2D eigenvalue weighted by Crippen LogP contribution is 2.34.